The van der Waals surface area contributed by atoms with Crippen molar-refractivity contribution in [3.8, 4) is 0 Å². The number of rotatable bonds is 2. The van der Waals surface area contributed by atoms with E-state index < -0.39 is 5.78 Å². The standard InChI is InChI=1S/C8H6N2O2/c11-6-7(12)8-9-4-2-1-3-5-10-8/h1-6H. The van der Waals surface area contributed by atoms with Crippen LogP contribution >= 0.6 is 0 Å². The number of aliphatic imine (C=N–C) groups is 2. The van der Waals surface area contributed by atoms with Gasteiger partial charge in [-0.3, -0.25) is 9.59 Å². The Hall–Kier alpha value is -1.84. The predicted octanol–water partition coefficient (Wildman–Crippen LogP) is 0.307. The fraction of sp³-hybridized carbons (Fsp3) is 0. The lowest BCUT2D eigenvalue weighted by atomic mass is 10.4. The van der Waals surface area contributed by atoms with E-state index in [9.17, 15) is 9.59 Å². The minimum atomic E-state index is -0.716. The summed E-state index contributed by atoms with van der Waals surface area (Å²) in [5.41, 5.74) is 0. The first-order valence-electron chi connectivity index (χ1n) is 3.28. The molecule has 0 spiro atoms. The Morgan fingerprint density at radius 1 is 1.33 bits per heavy atom. The van der Waals surface area contributed by atoms with Gasteiger partial charge in [0.25, 0.3) is 5.78 Å². The van der Waals surface area contributed by atoms with Gasteiger partial charge in [0, 0.05) is 12.4 Å². The monoisotopic (exact) mass is 162 g/mol. The molecule has 0 aromatic heterocycles. The molecule has 0 saturated carbocycles. The summed E-state index contributed by atoms with van der Waals surface area (Å²) >= 11 is 0. The van der Waals surface area contributed by atoms with Gasteiger partial charge in [-0.15, -0.1) is 0 Å². The van der Waals surface area contributed by atoms with Crippen LogP contribution in [-0.4, -0.2) is 24.1 Å². The van der Waals surface area contributed by atoms with Gasteiger partial charge in [-0.2, -0.15) is 0 Å². The normalized spacial score (nSPS) is 14.8. The molecule has 0 N–H and O–H groups in total. The number of allylic oxidation sites excluding steroid dienone is 3. The predicted molar refractivity (Wildman–Crippen MR) is 45.3 cm³/mol. The lowest BCUT2D eigenvalue weighted by molar-refractivity contribution is -0.125. The molecule has 4 nitrogen and oxygen atoms in total. The number of hydrogen-bond donors (Lipinski definition) is 0. The molecule has 1 aliphatic rings. The van der Waals surface area contributed by atoms with E-state index in [0.29, 0.717) is 0 Å². The molecular weight excluding hydrogens is 156 g/mol. The van der Waals surface area contributed by atoms with Gasteiger partial charge in [-0.05, 0) is 12.2 Å². The number of carbonyl (C=O) groups is 2. The molecule has 4 heteroatoms. The first-order chi connectivity index (χ1) is 5.84. The molecule has 0 aromatic rings. The third-order valence-corrected chi connectivity index (χ3v) is 1.12. The summed E-state index contributed by atoms with van der Waals surface area (Å²) in [5, 5.41) is 0. The van der Waals surface area contributed by atoms with Gasteiger partial charge >= 0.3 is 0 Å². The Bertz CT molecular complexity index is 311. The van der Waals surface area contributed by atoms with Crippen molar-refractivity contribution in [1.29, 1.82) is 0 Å². The van der Waals surface area contributed by atoms with Crippen molar-refractivity contribution >= 4 is 24.1 Å². The molecule has 0 bridgehead atoms. The second kappa shape index (κ2) is 4.12. The van der Waals surface area contributed by atoms with Gasteiger partial charge in [0.15, 0.2) is 6.29 Å². The quantitative estimate of drug-likeness (QED) is 0.433. The molecule has 0 amide bonds. The van der Waals surface area contributed by atoms with Crippen LogP contribution in [0.5, 0.6) is 0 Å². The Labute approximate surface area is 69.0 Å². The van der Waals surface area contributed by atoms with E-state index in [1.807, 2.05) is 0 Å². The topological polar surface area (TPSA) is 58.9 Å². The lowest BCUT2D eigenvalue weighted by Gasteiger charge is -1.90. The Kier molecular flexibility index (Phi) is 2.84. The summed E-state index contributed by atoms with van der Waals surface area (Å²) < 4.78 is 0. The summed E-state index contributed by atoms with van der Waals surface area (Å²) in [4.78, 5) is 28.1. The Morgan fingerprint density at radius 2 is 2.17 bits per heavy atom. The van der Waals surface area contributed by atoms with E-state index in [1.165, 1.54) is 12.4 Å². The van der Waals surface area contributed by atoms with Crippen molar-refractivity contribution in [3.05, 3.63) is 24.4 Å². The molecule has 0 radical (unpaired) electrons. The van der Waals surface area contributed by atoms with E-state index >= 15 is 0 Å². The van der Waals surface area contributed by atoms with E-state index in [1.54, 1.807) is 18.2 Å². The maximum absolute atomic E-state index is 10.8. The highest BCUT2D eigenvalue weighted by Crippen LogP contribution is 1.89. The first-order valence-corrected chi connectivity index (χ1v) is 3.28. The van der Waals surface area contributed by atoms with Crippen molar-refractivity contribution in [3.63, 3.8) is 0 Å². The highest BCUT2D eigenvalue weighted by atomic mass is 16.2. The smallest absolute Gasteiger partial charge is 0.262 e. The zero-order valence-electron chi connectivity index (χ0n) is 6.18. The van der Waals surface area contributed by atoms with Crippen molar-refractivity contribution in [2.75, 3.05) is 0 Å². The average Bonchev–Trinajstić information content (AvgIpc) is 2.02. The van der Waals surface area contributed by atoms with E-state index in [4.69, 9.17) is 0 Å². The molecule has 60 valence electrons. The summed E-state index contributed by atoms with van der Waals surface area (Å²) in [6, 6.07) is 0. The first kappa shape index (κ1) is 8.26. The molecule has 0 aromatic carbocycles. The van der Waals surface area contributed by atoms with Crippen molar-refractivity contribution in [1.82, 2.24) is 0 Å². The van der Waals surface area contributed by atoms with Gasteiger partial charge in [0.2, 0.25) is 5.84 Å². The zero-order chi connectivity index (χ0) is 8.81. The largest absolute Gasteiger partial charge is 0.294 e. The number of Topliss-reactive ketones (excluding diaryl/α,β-unsaturated/α-hetero) is 1. The minimum absolute atomic E-state index is 0.0920. The Morgan fingerprint density at radius 3 is 2.92 bits per heavy atom. The maximum Gasteiger partial charge on any atom is 0.262 e. The summed E-state index contributed by atoms with van der Waals surface area (Å²) in [6.07, 6.45) is 8.00. The second-order valence-electron chi connectivity index (χ2n) is 1.94. The van der Waals surface area contributed by atoms with Crippen LogP contribution < -0.4 is 0 Å². The van der Waals surface area contributed by atoms with Gasteiger partial charge in [0.1, 0.15) is 0 Å². The number of amidine groups is 1. The van der Waals surface area contributed by atoms with Gasteiger partial charge in [-0.1, -0.05) is 6.08 Å². The number of hydrogen-bond acceptors (Lipinski definition) is 4. The van der Waals surface area contributed by atoms with Crippen LogP contribution in [0.1, 0.15) is 0 Å². The van der Waals surface area contributed by atoms with Gasteiger partial charge in [-0.25, -0.2) is 9.98 Å². The number of ketones is 1. The van der Waals surface area contributed by atoms with Crippen LogP contribution in [0.4, 0.5) is 0 Å². The van der Waals surface area contributed by atoms with Crippen LogP contribution in [0.15, 0.2) is 34.4 Å². The molecule has 12 heavy (non-hydrogen) atoms. The van der Waals surface area contributed by atoms with Crippen LogP contribution in [0.3, 0.4) is 0 Å². The summed E-state index contributed by atoms with van der Waals surface area (Å²) in [6.45, 7) is 0. The highest BCUT2D eigenvalue weighted by Gasteiger charge is 2.06. The Balaban J connectivity index is 2.89. The molecular formula is C8H6N2O2. The molecule has 1 rings (SSSR count). The molecule has 0 saturated heterocycles. The SMILES string of the molecule is O=CC(=O)C1=NC=CC=CC=N1. The molecule has 0 unspecified atom stereocenters. The lowest BCUT2D eigenvalue weighted by Crippen LogP contribution is -2.12. The number of aldehydes is 1. The molecule has 0 atom stereocenters. The van der Waals surface area contributed by atoms with Gasteiger partial charge in [0.05, 0.1) is 0 Å². The molecule has 1 aliphatic heterocycles. The van der Waals surface area contributed by atoms with Crippen LogP contribution in [-0.2, 0) is 9.59 Å². The molecule has 0 aliphatic carbocycles. The van der Waals surface area contributed by atoms with Crippen LogP contribution in [0.25, 0.3) is 0 Å². The zero-order valence-corrected chi connectivity index (χ0v) is 6.18. The fourth-order valence-corrected chi connectivity index (χ4v) is 0.604. The highest BCUT2D eigenvalue weighted by molar-refractivity contribution is 6.59. The number of carbonyl (C=O) groups excluding carboxylic acids is 2. The van der Waals surface area contributed by atoms with Crippen molar-refractivity contribution < 1.29 is 9.59 Å². The van der Waals surface area contributed by atoms with Gasteiger partial charge < -0.3 is 0 Å². The van der Waals surface area contributed by atoms with E-state index in [-0.39, 0.29) is 12.1 Å². The van der Waals surface area contributed by atoms with Crippen molar-refractivity contribution in [2.24, 2.45) is 9.98 Å². The average molecular weight is 162 g/mol. The van der Waals surface area contributed by atoms with Crippen LogP contribution in [0.2, 0.25) is 0 Å². The second-order valence-corrected chi connectivity index (χ2v) is 1.94. The minimum Gasteiger partial charge on any atom is -0.294 e. The number of nitrogens with zero attached hydrogens (tertiary/aromatic N) is 2. The summed E-state index contributed by atoms with van der Waals surface area (Å²) in [5.74, 6) is -0.809. The fourth-order valence-electron chi connectivity index (χ4n) is 0.604. The maximum atomic E-state index is 10.8. The van der Waals surface area contributed by atoms with Crippen LogP contribution in [0, 0.1) is 0 Å². The summed E-state index contributed by atoms with van der Waals surface area (Å²) in [7, 11) is 0. The van der Waals surface area contributed by atoms with E-state index in [0.717, 1.165) is 0 Å². The van der Waals surface area contributed by atoms with Crippen molar-refractivity contribution in [2.45, 2.75) is 0 Å². The third-order valence-electron chi connectivity index (χ3n) is 1.12. The van der Waals surface area contributed by atoms with E-state index in [2.05, 4.69) is 9.98 Å². The molecule has 1 heterocycles. The molecule has 0 fully saturated rings. The third kappa shape index (κ3) is 2.09.